The van der Waals surface area contributed by atoms with Crippen LogP contribution in [-0.4, -0.2) is 22.2 Å². The number of halogens is 2. The minimum atomic E-state index is -1.30. The summed E-state index contributed by atoms with van der Waals surface area (Å²) in [4.78, 5) is 22.8. The van der Waals surface area contributed by atoms with Crippen LogP contribution in [0, 0.1) is 5.82 Å². The monoisotopic (exact) mass is 326 g/mol. The normalized spacial score (nSPS) is 10.4. The van der Waals surface area contributed by atoms with Gasteiger partial charge in [-0.3, -0.25) is 0 Å². The van der Waals surface area contributed by atoms with E-state index in [0.29, 0.717) is 5.02 Å². The van der Waals surface area contributed by atoms with E-state index in [0.717, 1.165) is 23.9 Å². The molecule has 2 N–H and O–H groups in total. The molecule has 2 aromatic carbocycles. The molecule has 0 heterocycles. The lowest BCUT2D eigenvalue weighted by atomic mass is 10.2. The quantitative estimate of drug-likeness (QED) is 0.887. The number of carboxylic acid groups (broad SMARTS) is 2. The summed E-state index contributed by atoms with van der Waals surface area (Å²) < 4.78 is 13.1. The molecule has 0 saturated carbocycles. The zero-order valence-corrected chi connectivity index (χ0v) is 11.9. The maximum Gasteiger partial charge on any atom is 0.336 e. The summed E-state index contributed by atoms with van der Waals surface area (Å²) >= 11 is 6.74. The summed E-state index contributed by atoms with van der Waals surface area (Å²) in [5, 5.41) is 18.5. The molecule has 21 heavy (non-hydrogen) atoms. The molecule has 0 aliphatic heterocycles. The Bertz CT molecular complexity index is 733. The smallest absolute Gasteiger partial charge is 0.336 e. The molecule has 0 amide bonds. The van der Waals surface area contributed by atoms with Crippen molar-refractivity contribution < 1.29 is 24.2 Å². The Morgan fingerprint density at radius 3 is 2.24 bits per heavy atom. The van der Waals surface area contributed by atoms with E-state index in [2.05, 4.69) is 0 Å². The number of rotatable bonds is 4. The third kappa shape index (κ3) is 3.53. The van der Waals surface area contributed by atoms with Crippen molar-refractivity contribution in [1.29, 1.82) is 0 Å². The second kappa shape index (κ2) is 6.15. The Balaban J connectivity index is 2.50. The first-order valence-corrected chi connectivity index (χ1v) is 6.81. The molecule has 0 fully saturated rings. The Morgan fingerprint density at radius 2 is 1.62 bits per heavy atom. The van der Waals surface area contributed by atoms with Crippen molar-refractivity contribution >= 4 is 35.3 Å². The Labute approximate surface area is 128 Å². The van der Waals surface area contributed by atoms with Crippen LogP contribution >= 0.6 is 23.4 Å². The van der Waals surface area contributed by atoms with Crippen LogP contribution in [0.5, 0.6) is 0 Å². The Morgan fingerprint density at radius 1 is 0.952 bits per heavy atom. The van der Waals surface area contributed by atoms with Gasteiger partial charge in [0.05, 0.1) is 11.1 Å². The second-order valence-electron chi connectivity index (χ2n) is 3.99. The third-order valence-corrected chi connectivity index (χ3v) is 3.93. The van der Waals surface area contributed by atoms with Crippen molar-refractivity contribution in [3.05, 3.63) is 58.4 Å². The van der Waals surface area contributed by atoms with Crippen LogP contribution in [0.4, 0.5) is 4.39 Å². The van der Waals surface area contributed by atoms with Gasteiger partial charge in [0.25, 0.3) is 0 Å². The van der Waals surface area contributed by atoms with Crippen LogP contribution in [0.1, 0.15) is 20.7 Å². The maximum absolute atomic E-state index is 13.1. The van der Waals surface area contributed by atoms with Gasteiger partial charge in [0.15, 0.2) is 0 Å². The second-order valence-corrected chi connectivity index (χ2v) is 5.51. The lowest BCUT2D eigenvalue weighted by Gasteiger charge is -2.09. The van der Waals surface area contributed by atoms with Gasteiger partial charge in [-0.2, -0.15) is 0 Å². The number of hydrogen-bond donors (Lipinski definition) is 2. The molecular weight excluding hydrogens is 319 g/mol. The van der Waals surface area contributed by atoms with Crippen molar-refractivity contribution in [2.24, 2.45) is 0 Å². The molecule has 4 nitrogen and oxygen atoms in total. The average Bonchev–Trinajstić information content (AvgIpc) is 2.40. The van der Waals surface area contributed by atoms with Crippen LogP contribution in [-0.2, 0) is 0 Å². The molecular formula is C14H8ClFO4S. The fourth-order valence-electron chi connectivity index (χ4n) is 1.63. The zero-order chi connectivity index (χ0) is 15.6. The standard InChI is InChI=1S/C14H8ClFO4S/c15-7-1-3-9(13(17)18)12(5-7)21-11-4-2-8(16)6-10(11)14(19)20/h1-6H,(H,17,18)(H,19,20). The average molecular weight is 327 g/mol. The van der Waals surface area contributed by atoms with Gasteiger partial charge in [0.2, 0.25) is 0 Å². The van der Waals surface area contributed by atoms with Crippen LogP contribution in [0.15, 0.2) is 46.2 Å². The first kappa shape index (κ1) is 15.3. The van der Waals surface area contributed by atoms with E-state index in [1.54, 1.807) is 0 Å². The molecule has 0 radical (unpaired) electrons. The number of carbonyl (C=O) groups is 2. The van der Waals surface area contributed by atoms with E-state index in [1.165, 1.54) is 24.3 Å². The van der Waals surface area contributed by atoms with Gasteiger partial charge in [-0.25, -0.2) is 14.0 Å². The Hall–Kier alpha value is -2.05. The van der Waals surface area contributed by atoms with Crippen molar-refractivity contribution in [3.63, 3.8) is 0 Å². The minimum absolute atomic E-state index is 0.00920. The van der Waals surface area contributed by atoms with Gasteiger partial charge < -0.3 is 10.2 Å². The first-order chi connectivity index (χ1) is 9.88. The largest absolute Gasteiger partial charge is 0.478 e. The maximum atomic E-state index is 13.1. The first-order valence-electron chi connectivity index (χ1n) is 5.62. The van der Waals surface area contributed by atoms with Crippen molar-refractivity contribution in [1.82, 2.24) is 0 Å². The van der Waals surface area contributed by atoms with Crippen LogP contribution in [0.3, 0.4) is 0 Å². The molecule has 0 aliphatic carbocycles. The topological polar surface area (TPSA) is 74.6 Å². The number of carboxylic acids is 2. The highest BCUT2D eigenvalue weighted by Crippen LogP contribution is 2.35. The van der Waals surface area contributed by atoms with Crippen LogP contribution < -0.4 is 0 Å². The molecule has 0 bridgehead atoms. The number of benzene rings is 2. The van der Waals surface area contributed by atoms with E-state index >= 15 is 0 Å². The molecule has 0 atom stereocenters. The van der Waals surface area contributed by atoms with E-state index in [1.807, 2.05) is 0 Å². The van der Waals surface area contributed by atoms with E-state index in [4.69, 9.17) is 21.8 Å². The predicted octanol–water partition coefficient (Wildman–Crippen LogP) is 4.03. The summed E-state index contributed by atoms with van der Waals surface area (Å²) in [6, 6.07) is 7.46. The Kier molecular flexibility index (Phi) is 4.50. The van der Waals surface area contributed by atoms with Crippen LogP contribution in [0.25, 0.3) is 0 Å². The van der Waals surface area contributed by atoms with Gasteiger partial charge in [-0.1, -0.05) is 23.4 Å². The van der Waals surface area contributed by atoms with Crippen molar-refractivity contribution in [2.75, 3.05) is 0 Å². The van der Waals surface area contributed by atoms with Crippen molar-refractivity contribution in [2.45, 2.75) is 9.79 Å². The molecule has 0 unspecified atom stereocenters. The predicted molar refractivity (Wildman–Crippen MR) is 75.9 cm³/mol. The molecule has 2 aromatic rings. The third-order valence-electron chi connectivity index (χ3n) is 2.57. The number of hydrogen-bond acceptors (Lipinski definition) is 3. The summed E-state index contributed by atoms with van der Waals surface area (Å²) in [7, 11) is 0. The zero-order valence-electron chi connectivity index (χ0n) is 10.3. The highest BCUT2D eigenvalue weighted by molar-refractivity contribution is 7.99. The van der Waals surface area contributed by atoms with Gasteiger partial charge in [0, 0.05) is 14.8 Å². The van der Waals surface area contributed by atoms with Gasteiger partial charge >= 0.3 is 11.9 Å². The summed E-state index contributed by atoms with van der Waals surface area (Å²) in [5.41, 5.74) is -0.249. The summed E-state index contributed by atoms with van der Waals surface area (Å²) in [6.45, 7) is 0. The molecule has 108 valence electrons. The molecule has 0 saturated heterocycles. The summed E-state index contributed by atoms with van der Waals surface area (Å²) in [6.07, 6.45) is 0. The highest BCUT2D eigenvalue weighted by Gasteiger charge is 2.16. The van der Waals surface area contributed by atoms with Crippen LogP contribution in [0.2, 0.25) is 5.02 Å². The summed E-state index contributed by atoms with van der Waals surface area (Å²) in [5.74, 6) is -3.13. The molecule has 0 aliphatic rings. The lowest BCUT2D eigenvalue weighted by Crippen LogP contribution is -2.02. The van der Waals surface area contributed by atoms with Gasteiger partial charge in [0.1, 0.15) is 5.82 Å². The van der Waals surface area contributed by atoms with Gasteiger partial charge in [-0.15, -0.1) is 0 Å². The molecule has 0 spiro atoms. The van der Waals surface area contributed by atoms with Crippen molar-refractivity contribution in [3.8, 4) is 0 Å². The van der Waals surface area contributed by atoms with E-state index < -0.39 is 17.8 Å². The number of aromatic carboxylic acids is 2. The molecule has 0 aromatic heterocycles. The fourth-order valence-corrected chi connectivity index (χ4v) is 2.95. The van der Waals surface area contributed by atoms with Gasteiger partial charge in [-0.05, 0) is 36.4 Å². The molecule has 2 rings (SSSR count). The SMILES string of the molecule is O=C(O)c1ccc(Cl)cc1Sc1ccc(F)cc1C(=O)O. The van der Waals surface area contributed by atoms with E-state index in [-0.39, 0.29) is 20.9 Å². The highest BCUT2D eigenvalue weighted by atomic mass is 35.5. The van der Waals surface area contributed by atoms with E-state index in [9.17, 15) is 14.0 Å². The molecule has 7 heteroatoms. The minimum Gasteiger partial charge on any atom is -0.478 e. The fraction of sp³-hybridized carbons (Fsp3) is 0. The lowest BCUT2D eigenvalue weighted by molar-refractivity contribution is 0.0683.